The minimum absolute atomic E-state index is 0.0526. The smallest absolute Gasteiger partial charge is 0.416 e. The molecule has 0 saturated carbocycles. The van der Waals surface area contributed by atoms with Gasteiger partial charge in [-0.05, 0) is 73.4 Å². The highest BCUT2D eigenvalue weighted by molar-refractivity contribution is 6.12. The van der Waals surface area contributed by atoms with E-state index in [2.05, 4.69) is 5.32 Å². The number of hydrogen-bond donors (Lipinski definition) is 1. The van der Waals surface area contributed by atoms with Crippen molar-refractivity contribution in [3.8, 4) is 11.1 Å². The molecule has 0 bridgehead atoms. The third-order valence-corrected chi connectivity index (χ3v) is 8.24. The van der Waals surface area contributed by atoms with E-state index in [1.54, 1.807) is 57.2 Å². The molecule has 278 valence electrons. The Morgan fingerprint density at radius 3 is 1.91 bits per heavy atom. The molecule has 0 aliphatic heterocycles. The minimum Gasteiger partial charge on any atom is -0.465 e. The number of anilines is 1. The van der Waals surface area contributed by atoms with Crippen LogP contribution >= 0.6 is 0 Å². The van der Waals surface area contributed by atoms with Gasteiger partial charge in [0.2, 0.25) is 0 Å². The SMILES string of the molecule is CCOC(=O)C(CC(=O)OCc1ccc(NC(=O)c2ccc(C)cc2-c2ccc(C(F)(F)F)cc2)c(C(=O)N(C)C)c1)(C(=O)OCC)c1ccccc1. The first-order valence-electron chi connectivity index (χ1n) is 16.6. The zero-order valence-corrected chi connectivity index (χ0v) is 29.8. The van der Waals surface area contributed by atoms with Crippen molar-refractivity contribution in [2.24, 2.45) is 0 Å². The topological polar surface area (TPSA) is 128 Å². The molecular formula is C40H39F3N2O8. The lowest BCUT2D eigenvalue weighted by molar-refractivity contribution is -0.170. The maximum absolute atomic E-state index is 13.7. The highest BCUT2D eigenvalue weighted by Crippen LogP contribution is 2.34. The van der Waals surface area contributed by atoms with E-state index in [0.717, 1.165) is 17.7 Å². The van der Waals surface area contributed by atoms with Crippen molar-refractivity contribution >= 4 is 35.4 Å². The van der Waals surface area contributed by atoms with Gasteiger partial charge >= 0.3 is 24.1 Å². The zero-order valence-electron chi connectivity index (χ0n) is 29.8. The van der Waals surface area contributed by atoms with Crippen LogP contribution in [0.3, 0.4) is 0 Å². The lowest BCUT2D eigenvalue weighted by Gasteiger charge is -2.28. The van der Waals surface area contributed by atoms with E-state index in [1.165, 1.54) is 61.5 Å². The second-order valence-corrected chi connectivity index (χ2v) is 12.2. The molecule has 0 aromatic heterocycles. The van der Waals surface area contributed by atoms with E-state index in [1.807, 2.05) is 0 Å². The average molecular weight is 733 g/mol. The van der Waals surface area contributed by atoms with E-state index in [-0.39, 0.29) is 42.2 Å². The van der Waals surface area contributed by atoms with Crippen molar-refractivity contribution in [2.45, 2.75) is 45.4 Å². The molecule has 0 unspecified atom stereocenters. The summed E-state index contributed by atoms with van der Waals surface area (Å²) in [4.78, 5) is 68.3. The average Bonchev–Trinajstić information content (AvgIpc) is 3.13. The molecular weight excluding hydrogens is 693 g/mol. The molecule has 0 heterocycles. The highest BCUT2D eigenvalue weighted by atomic mass is 19.4. The number of amides is 2. The standard InChI is InChI=1S/C40H39F3N2O8/c1-6-51-37(49)39(38(50)52-7-2,28-11-9-8-10-12-28)23-34(46)53-24-26-14-20-33(32(22-26)36(48)45(4)5)44-35(47)30-19-13-25(3)21-31(30)27-15-17-29(18-16-27)40(41,42)43/h8-22H,6-7,23-24H2,1-5H3,(H,44,47). The molecule has 2 amide bonds. The van der Waals surface area contributed by atoms with Gasteiger partial charge in [-0.15, -0.1) is 0 Å². The van der Waals surface area contributed by atoms with Gasteiger partial charge in [0.1, 0.15) is 6.61 Å². The maximum Gasteiger partial charge on any atom is 0.416 e. The summed E-state index contributed by atoms with van der Waals surface area (Å²) in [6.07, 6.45) is -5.26. The van der Waals surface area contributed by atoms with Crippen LogP contribution in [0.2, 0.25) is 0 Å². The fraction of sp³-hybridized carbons (Fsp3) is 0.275. The molecule has 4 aromatic rings. The molecule has 13 heteroatoms. The Morgan fingerprint density at radius 1 is 0.717 bits per heavy atom. The fourth-order valence-electron chi connectivity index (χ4n) is 5.56. The summed E-state index contributed by atoms with van der Waals surface area (Å²) in [5.41, 5.74) is -0.569. The van der Waals surface area contributed by atoms with Gasteiger partial charge in [0.25, 0.3) is 11.8 Å². The fourth-order valence-corrected chi connectivity index (χ4v) is 5.56. The number of ether oxygens (including phenoxy) is 3. The van der Waals surface area contributed by atoms with E-state index < -0.39 is 53.3 Å². The summed E-state index contributed by atoms with van der Waals surface area (Å²) >= 11 is 0. The van der Waals surface area contributed by atoms with Crippen LogP contribution in [-0.4, -0.2) is 61.9 Å². The van der Waals surface area contributed by atoms with E-state index in [9.17, 15) is 37.1 Å². The summed E-state index contributed by atoms with van der Waals surface area (Å²) in [5, 5.41) is 2.74. The van der Waals surface area contributed by atoms with Gasteiger partial charge in [-0.25, -0.2) is 0 Å². The molecule has 0 atom stereocenters. The number of halogens is 3. The van der Waals surface area contributed by atoms with Gasteiger partial charge < -0.3 is 24.4 Å². The third kappa shape index (κ3) is 9.28. The number of carbonyl (C=O) groups excluding carboxylic acids is 5. The van der Waals surface area contributed by atoms with Gasteiger partial charge in [0.05, 0.1) is 36.4 Å². The number of nitrogens with one attached hydrogen (secondary N) is 1. The van der Waals surface area contributed by atoms with Gasteiger partial charge in [-0.3, -0.25) is 24.0 Å². The van der Waals surface area contributed by atoms with Crippen LogP contribution in [0, 0.1) is 6.92 Å². The van der Waals surface area contributed by atoms with Crippen LogP contribution in [0.1, 0.15) is 63.2 Å². The van der Waals surface area contributed by atoms with Crippen molar-refractivity contribution in [3.63, 3.8) is 0 Å². The number of rotatable bonds is 13. The molecule has 0 aliphatic carbocycles. The number of aryl methyl sites for hydroxylation is 1. The number of benzene rings is 4. The van der Waals surface area contributed by atoms with E-state index in [0.29, 0.717) is 16.7 Å². The van der Waals surface area contributed by atoms with E-state index in [4.69, 9.17) is 14.2 Å². The van der Waals surface area contributed by atoms with Crippen molar-refractivity contribution in [1.82, 2.24) is 4.90 Å². The summed E-state index contributed by atoms with van der Waals surface area (Å²) in [7, 11) is 3.02. The van der Waals surface area contributed by atoms with Crippen LogP contribution in [0.5, 0.6) is 0 Å². The van der Waals surface area contributed by atoms with Crippen molar-refractivity contribution < 1.29 is 51.4 Å². The molecule has 0 saturated heterocycles. The highest BCUT2D eigenvalue weighted by Gasteiger charge is 2.52. The molecule has 4 rings (SSSR count). The van der Waals surface area contributed by atoms with Gasteiger partial charge in [-0.1, -0.05) is 66.2 Å². The normalized spacial score (nSPS) is 11.3. The van der Waals surface area contributed by atoms with Crippen LogP contribution < -0.4 is 5.32 Å². The molecule has 4 aromatic carbocycles. The van der Waals surface area contributed by atoms with Crippen LogP contribution in [0.4, 0.5) is 18.9 Å². The predicted octanol–water partition coefficient (Wildman–Crippen LogP) is 7.13. The maximum atomic E-state index is 13.7. The molecule has 53 heavy (non-hydrogen) atoms. The Kier molecular flexibility index (Phi) is 12.8. The Hall–Kier alpha value is -5.98. The number of nitrogens with zero attached hydrogens (tertiary/aromatic N) is 1. The molecule has 1 N–H and O–H groups in total. The minimum atomic E-state index is -4.52. The molecule has 0 spiro atoms. The van der Waals surface area contributed by atoms with Crippen LogP contribution in [0.15, 0.2) is 91.0 Å². The predicted molar refractivity (Wildman–Crippen MR) is 190 cm³/mol. The van der Waals surface area contributed by atoms with Crippen molar-refractivity contribution in [2.75, 3.05) is 32.6 Å². The summed E-state index contributed by atoms with van der Waals surface area (Å²) in [5.74, 6) is -4.00. The zero-order chi connectivity index (χ0) is 38.9. The van der Waals surface area contributed by atoms with Crippen molar-refractivity contribution in [1.29, 1.82) is 0 Å². The second-order valence-electron chi connectivity index (χ2n) is 12.2. The lowest BCUT2D eigenvalue weighted by Crippen LogP contribution is -2.48. The molecule has 10 nitrogen and oxygen atoms in total. The Bertz CT molecular complexity index is 1960. The monoisotopic (exact) mass is 732 g/mol. The molecule has 0 radical (unpaired) electrons. The third-order valence-electron chi connectivity index (χ3n) is 8.24. The number of alkyl halides is 3. The quantitative estimate of drug-likeness (QED) is 0.0874. The van der Waals surface area contributed by atoms with Crippen LogP contribution in [0.25, 0.3) is 11.1 Å². The summed E-state index contributed by atoms with van der Waals surface area (Å²) in [6, 6.07) is 21.7. The van der Waals surface area contributed by atoms with Gasteiger partial charge in [0.15, 0.2) is 5.41 Å². The number of carbonyl (C=O) groups is 5. The summed E-state index contributed by atoms with van der Waals surface area (Å²) < 4.78 is 55.6. The summed E-state index contributed by atoms with van der Waals surface area (Å²) in [6.45, 7) is 4.42. The Balaban J connectivity index is 1.61. The van der Waals surface area contributed by atoms with Crippen LogP contribution in [-0.2, 0) is 46.8 Å². The van der Waals surface area contributed by atoms with Gasteiger partial charge in [0, 0.05) is 19.7 Å². The van der Waals surface area contributed by atoms with Gasteiger partial charge in [-0.2, -0.15) is 13.2 Å². The first-order chi connectivity index (χ1) is 25.1. The van der Waals surface area contributed by atoms with E-state index >= 15 is 0 Å². The first kappa shape index (κ1) is 39.8. The number of esters is 3. The number of hydrogen-bond acceptors (Lipinski definition) is 8. The second kappa shape index (κ2) is 17.0. The largest absolute Gasteiger partial charge is 0.465 e. The van der Waals surface area contributed by atoms with Crippen molar-refractivity contribution in [3.05, 3.63) is 124 Å². The molecule has 0 fully saturated rings. The molecule has 0 aliphatic rings. The first-order valence-corrected chi connectivity index (χ1v) is 16.6. The lowest BCUT2D eigenvalue weighted by atomic mass is 9.77. The Labute approximate surface area is 304 Å². The Morgan fingerprint density at radius 2 is 1.34 bits per heavy atom.